The minimum Gasteiger partial charge on any atom is -0.325 e. The lowest BCUT2D eigenvalue weighted by molar-refractivity contribution is -0.130. The maximum atomic E-state index is 13.6. The normalized spacial score (nSPS) is 26.9. The second kappa shape index (κ2) is 7.89. The summed E-state index contributed by atoms with van der Waals surface area (Å²) in [6, 6.07) is 11.9. The first-order valence-corrected chi connectivity index (χ1v) is 11.4. The van der Waals surface area contributed by atoms with Crippen molar-refractivity contribution in [3.63, 3.8) is 0 Å². The highest BCUT2D eigenvalue weighted by atomic mass is 35.5. The molecule has 2 saturated carbocycles. The molecule has 7 heteroatoms. The Balaban J connectivity index is 1.60. The Labute approximate surface area is 198 Å². The smallest absolute Gasteiger partial charge is 0.325 e. The molecule has 2 atom stereocenters. The van der Waals surface area contributed by atoms with Gasteiger partial charge in [-0.25, -0.2) is 4.79 Å². The predicted octanol–water partition coefficient (Wildman–Crippen LogP) is 6.67. The van der Waals surface area contributed by atoms with E-state index in [0.29, 0.717) is 27.7 Å². The number of fused-ring (bicyclic) bond motifs is 2. The van der Waals surface area contributed by atoms with Gasteiger partial charge in [-0.3, -0.25) is 4.79 Å². The first-order chi connectivity index (χ1) is 15.0. The highest BCUT2D eigenvalue weighted by molar-refractivity contribution is 6.32. The van der Waals surface area contributed by atoms with Crippen LogP contribution in [0.15, 0.2) is 47.6 Å². The van der Waals surface area contributed by atoms with Crippen molar-refractivity contribution in [1.29, 1.82) is 0 Å². The summed E-state index contributed by atoms with van der Waals surface area (Å²) in [5, 5.41) is 8.52. The molecule has 2 aromatic rings. The van der Waals surface area contributed by atoms with Crippen molar-refractivity contribution in [1.82, 2.24) is 0 Å². The summed E-state index contributed by atoms with van der Waals surface area (Å²) in [5.74, 6) is -0.600. The molecule has 32 heavy (non-hydrogen) atoms. The number of carbonyl (C=O) groups excluding carboxylic acids is 2. The molecule has 168 valence electrons. The van der Waals surface area contributed by atoms with E-state index >= 15 is 0 Å². The molecule has 0 aliphatic heterocycles. The molecule has 2 fully saturated rings. The summed E-state index contributed by atoms with van der Waals surface area (Å²) < 4.78 is 0. The van der Waals surface area contributed by atoms with Crippen molar-refractivity contribution in [2.45, 2.75) is 47.0 Å². The number of nitrogens with one attached hydrogen (secondary N) is 1. The van der Waals surface area contributed by atoms with Crippen LogP contribution in [0.4, 0.5) is 5.69 Å². The van der Waals surface area contributed by atoms with Crippen molar-refractivity contribution in [2.75, 3.05) is 5.32 Å². The molecule has 0 radical (unpaired) electrons. The van der Waals surface area contributed by atoms with Crippen molar-refractivity contribution < 1.29 is 14.4 Å². The summed E-state index contributed by atoms with van der Waals surface area (Å²) in [6.07, 6.45) is 1.97. The maximum Gasteiger partial charge on any atom is 0.365 e. The van der Waals surface area contributed by atoms with Gasteiger partial charge in [0.15, 0.2) is 0 Å². The number of anilines is 1. The number of hydrogen-bond donors (Lipinski definition) is 1. The molecule has 5 nitrogen and oxygen atoms in total. The highest BCUT2D eigenvalue weighted by Gasteiger charge is 2.71. The van der Waals surface area contributed by atoms with Crippen LogP contribution in [0, 0.1) is 23.2 Å². The molecule has 0 spiro atoms. The molecule has 2 aliphatic carbocycles. The molecular formula is C25H26Cl2N2O3. The van der Waals surface area contributed by atoms with E-state index in [0.717, 1.165) is 24.1 Å². The van der Waals surface area contributed by atoms with Crippen LogP contribution in [0.1, 0.15) is 56.0 Å². The van der Waals surface area contributed by atoms with E-state index in [1.54, 1.807) is 30.3 Å². The number of amides is 1. The molecule has 4 rings (SSSR count). The van der Waals surface area contributed by atoms with Crippen LogP contribution in [-0.2, 0) is 9.63 Å². The fourth-order valence-corrected chi connectivity index (χ4v) is 5.54. The van der Waals surface area contributed by atoms with Gasteiger partial charge in [0, 0.05) is 27.6 Å². The van der Waals surface area contributed by atoms with E-state index in [4.69, 9.17) is 28.0 Å². The Kier molecular flexibility index (Phi) is 5.62. The zero-order valence-corrected chi connectivity index (χ0v) is 20.1. The third-order valence-electron chi connectivity index (χ3n) is 8.00. The van der Waals surface area contributed by atoms with Crippen LogP contribution in [0.3, 0.4) is 0 Å². The lowest BCUT2D eigenvalue weighted by Crippen LogP contribution is -2.43. The number of rotatable bonds is 4. The van der Waals surface area contributed by atoms with Crippen LogP contribution in [0.2, 0.25) is 10.0 Å². The van der Waals surface area contributed by atoms with Gasteiger partial charge in [0.25, 0.3) is 0 Å². The fraction of sp³-hybridized carbons (Fsp3) is 0.400. The minimum atomic E-state index is -0.651. The largest absolute Gasteiger partial charge is 0.365 e. The van der Waals surface area contributed by atoms with Gasteiger partial charge in [0.2, 0.25) is 5.91 Å². The van der Waals surface area contributed by atoms with Gasteiger partial charge in [0.1, 0.15) is 0 Å². The van der Waals surface area contributed by atoms with Gasteiger partial charge < -0.3 is 10.2 Å². The van der Waals surface area contributed by atoms with E-state index in [9.17, 15) is 9.59 Å². The quantitative estimate of drug-likeness (QED) is 0.398. The molecule has 2 aromatic carbocycles. The molecule has 0 saturated heterocycles. The first kappa shape index (κ1) is 22.8. The van der Waals surface area contributed by atoms with Gasteiger partial charge in [-0.05, 0) is 67.1 Å². The van der Waals surface area contributed by atoms with Gasteiger partial charge in [-0.15, -0.1) is 0 Å². The van der Waals surface area contributed by atoms with Crippen LogP contribution < -0.4 is 5.32 Å². The minimum absolute atomic E-state index is 0.0502. The van der Waals surface area contributed by atoms with Gasteiger partial charge >= 0.3 is 5.97 Å². The van der Waals surface area contributed by atoms with Crippen LogP contribution in [-0.4, -0.2) is 17.6 Å². The van der Waals surface area contributed by atoms with E-state index in [1.807, 2.05) is 19.1 Å². The van der Waals surface area contributed by atoms with Crippen molar-refractivity contribution in [3.05, 3.63) is 63.6 Å². The number of nitrogens with zero attached hydrogens (tertiary/aromatic N) is 1. The Morgan fingerprint density at radius 2 is 1.72 bits per heavy atom. The zero-order valence-electron chi connectivity index (χ0n) is 18.6. The number of hydrogen-bond acceptors (Lipinski definition) is 4. The molecule has 2 bridgehead atoms. The Morgan fingerprint density at radius 3 is 2.41 bits per heavy atom. The van der Waals surface area contributed by atoms with Crippen LogP contribution in [0.5, 0.6) is 0 Å². The number of benzene rings is 2. The molecule has 2 aliphatic rings. The third-order valence-corrected chi connectivity index (χ3v) is 8.66. The maximum absolute atomic E-state index is 13.6. The lowest BCUT2D eigenvalue weighted by Gasteiger charge is -2.39. The summed E-state index contributed by atoms with van der Waals surface area (Å²) in [5.41, 5.74) is 1.28. The van der Waals surface area contributed by atoms with E-state index in [-0.39, 0.29) is 16.7 Å². The summed E-state index contributed by atoms with van der Waals surface area (Å²) in [7, 11) is 0. The fourth-order valence-electron chi connectivity index (χ4n) is 5.24. The number of halogens is 2. The summed E-state index contributed by atoms with van der Waals surface area (Å²) in [6.45, 7) is 8.20. The molecule has 1 amide bonds. The van der Waals surface area contributed by atoms with Crippen LogP contribution >= 0.6 is 23.2 Å². The van der Waals surface area contributed by atoms with Gasteiger partial charge in [0.05, 0.1) is 16.7 Å². The van der Waals surface area contributed by atoms with E-state index in [2.05, 4.69) is 31.2 Å². The average Bonchev–Trinajstić information content (AvgIpc) is 3.06. The molecule has 1 N–H and O–H groups in total. The Bertz CT molecular complexity index is 1130. The second-order valence-electron chi connectivity index (χ2n) is 9.51. The topological polar surface area (TPSA) is 67.8 Å². The van der Waals surface area contributed by atoms with E-state index in [1.165, 1.54) is 0 Å². The van der Waals surface area contributed by atoms with Crippen molar-refractivity contribution >= 4 is 46.5 Å². The first-order valence-electron chi connectivity index (χ1n) is 10.6. The SMILES string of the molecule is Cc1c(Cl)cccc1NC(=O)C12CCC(C)(C(=NOC(=O)c3ccc(Cl)cc3)C1)C2(C)C. The molecule has 2 unspecified atom stereocenters. The predicted molar refractivity (Wildman–Crippen MR) is 127 cm³/mol. The number of carbonyl (C=O) groups is 2. The number of oxime groups is 1. The Morgan fingerprint density at radius 1 is 1.03 bits per heavy atom. The molecule has 0 heterocycles. The van der Waals surface area contributed by atoms with Crippen molar-refractivity contribution in [3.8, 4) is 0 Å². The van der Waals surface area contributed by atoms with Crippen molar-refractivity contribution in [2.24, 2.45) is 21.4 Å². The molecular weight excluding hydrogens is 447 g/mol. The standard InChI is InChI=1S/C25H26Cl2N2O3/c1-15-18(27)6-5-7-19(15)28-22(31)25-13-12-24(4,23(25,2)3)20(14-25)29-32-21(30)16-8-10-17(26)11-9-16/h5-11H,12-14H2,1-4H3,(H,28,31). The molecule has 0 aromatic heterocycles. The average molecular weight is 473 g/mol. The Hall–Kier alpha value is -2.37. The zero-order chi connectivity index (χ0) is 23.3. The van der Waals surface area contributed by atoms with E-state index < -0.39 is 11.4 Å². The lowest BCUT2D eigenvalue weighted by atomic mass is 9.64. The van der Waals surface area contributed by atoms with Gasteiger partial charge in [-0.2, -0.15) is 0 Å². The summed E-state index contributed by atoms with van der Waals surface area (Å²) >= 11 is 12.1. The van der Waals surface area contributed by atoms with Gasteiger partial charge in [-0.1, -0.05) is 55.2 Å². The highest BCUT2D eigenvalue weighted by Crippen LogP contribution is 2.71. The monoisotopic (exact) mass is 472 g/mol. The third kappa shape index (κ3) is 3.34. The summed E-state index contributed by atoms with van der Waals surface area (Å²) in [4.78, 5) is 31.4. The van der Waals surface area contributed by atoms with Crippen LogP contribution in [0.25, 0.3) is 0 Å². The second-order valence-corrected chi connectivity index (χ2v) is 10.3.